The molecular formula is C26H42IN3O3. The van der Waals surface area contributed by atoms with Crippen LogP contribution in [0.2, 0.25) is 0 Å². The number of hydrogen-bond acceptors (Lipinski definition) is 4. The molecule has 7 heteroatoms. The molecule has 1 aromatic rings. The van der Waals surface area contributed by atoms with E-state index in [9.17, 15) is 0 Å². The first-order valence-corrected chi connectivity index (χ1v) is 12.7. The highest BCUT2D eigenvalue weighted by molar-refractivity contribution is 14.0. The molecule has 33 heavy (non-hydrogen) atoms. The minimum atomic E-state index is 0. The van der Waals surface area contributed by atoms with Crippen LogP contribution in [0.5, 0.6) is 0 Å². The maximum Gasteiger partial charge on any atom is 0.193 e. The molecule has 4 rings (SSSR count). The van der Waals surface area contributed by atoms with Gasteiger partial charge in [-0.3, -0.25) is 4.99 Å². The summed E-state index contributed by atoms with van der Waals surface area (Å²) in [5, 5.41) is 3.53. The number of benzene rings is 1. The molecule has 0 spiro atoms. The SMILES string of the molecule is CN=C(NCCCOC1CCCc2ccccc21)N1CCC(OCC2CCCCO2)CC1.I. The van der Waals surface area contributed by atoms with E-state index in [0.29, 0.717) is 12.2 Å². The average molecular weight is 572 g/mol. The van der Waals surface area contributed by atoms with Crippen LogP contribution in [0, 0.1) is 0 Å². The third-order valence-corrected chi connectivity index (χ3v) is 6.98. The van der Waals surface area contributed by atoms with Gasteiger partial charge in [0.25, 0.3) is 0 Å². The van der Waals surface area contributed by atoms with Gasteiger partial charge in [0.1, 0.15) is 0 Å². The third-order valence-electron chi connectivity index (χ3n) is 6.98. The first-order valence-electron chi connectivity index (χ1n) is 12.7. The number of hydrogen-bond donors (Lipinski definition) is 1. The van der Waals surface area contributed by atoms with Crippen LogP contribution in [0.4, 0.5) is 0 Å². The standard InChI is InChI=1S/C26H41N3O3.HI/c1-27-26(29-16-13-22(14-17-29)32-20-23-10-4-5-18-30-23)28-15-7-19-31-25-12-6-9-21-8-2-3-11-24(21)25;/h2-3,8,11,22-23,25H,4-7,9-10,12-20H2,1H3,(H,27,28);1H. The Kier molecular flexibility index (Phi) is 11.7. The Morgan fingerprint density at radius 2 is 1.94 bits per heavy atom. The van der Waals surface area contributed by atoms with Gasteiger partial charge in [0, 0.05) is 39.9 Å². The fraction of sp³-hybridized carbons (Fsp3) is 0.731. The van der Waals surface area contributed by atoms with Crippen LogP contribution in [0.1, 0.15) is 68.6 Å². The van der Waals surface area contributed by atoms with Crippen molar-refractivity contribution < 1.29 is 14.2 Å². The Hall–Kier alpha value is -0.900. The molecule has 0 radical (unpaired) electrons. The van der Waals surface area contributed by atoms with E-state index in [1.807, 2.05) is 7.05 Å². The van der Waals surface area contributed by atoms with E-state index in [0.717, 1.165) is 77.5 Å². The van der Waals surface area contributed by atoms with Crippen molar-refractivity contribution in [3.05, 3.63) is 35.4 Å². The highest BCUT2D eigenvalue weighted by Crippen LogP contribution is 2.32. The fourth-order valence-corrected chi connectivity index (χ4v) is 5.13. The second-order valence-corrected chi connectivity index (χ2v) is 9.29. The van der Waals surface area contributed by atoms with Gasteiger partial charge in [-0.2, -0.15) is 0 Å². The maximum atomic E-state index is 6.24. The lowest BCUT2D eigenvalue weighted by Gasteiger charge is -2.35. The zero-order valence-electron chi connectivity index (χ0n) is 20.2. The molecule has 2 saturated heterocycles. The molecule has 2 aliphatic heterocycles. The topological polar surface area (TPSA) is 55.3 Å². The number of rotatable bonds is 8. The Labute approximate surface area is 216 Å². The van der Waals surface area contributed by atoms with Gasteiger partial charge in [-0.1, -0.05) is 24.3 Å². The number of aryl methyl sites for hydroxylation is 1. The van der Waals surface area contributed by atoms with Gasteiger partial charge in [0.15, 0.2) is 5.96 Å². The van der Waals surface area contributed by atoms with E-state index >= 15 is 0 Å². The molecule has 0 bridgehead atoms. The quantitative estimate of drug-likeness (QED) is 0.212. The molecule has 0 aromatic heterocycles. The van der Waals surface area contributed by atoms with Gasteiger partial charge < -0.3 is 24.4 Å². The minimum Gasteiger partial charge on any atom is -0.376 e. The van der Waals surface area contributed by atoms with Gasteiger partial charge in [0.05, 0.1) is 24.9 Å². The van der Waals surface area contributed by atoms with Gasteiger partial charge >= 0.3 is 0 Å². The van der Waals surface area contributed by atoms with E-state index in [4.69, 9.17) is 14.2 Å². The van der Waals surface area contributed by atoms with Crippen LogP contribution in [0.25, 0.3) is 0 Å². The number of piperidine rings is 1. The van der Waals surface area contributed by atoms with Crippen LogP contribution in [-0.2, 0) is 20.6 Å². The largest absolute Gasteiger partial charge is 0.376 e. The number of nitrogens with one attached hydrogen (secondary N) is 1. The zero-order valence-corrected chi connectivity index (χ0v) is 22.5. The van der Waals surface area contributed by atoms with Crippen molar-refractivity contribution in [3.63, 3.8) is 0 Å². The predicted molar refractivity (Wildman–Crippen MR) is 144 cm³/mol. The summed E-state index contributed by atoms with van der Waals surface area (Å²) in [5.41, 5.74) is 2.85. The second-order valence-electron chi connectivity index (χ2n) is 9.29. The van der Waals surface area contributed by atoms with Crippen LogP contribution in [0.3, 0.4) is 0 Å². The molecule has 2 unspecified atom stereocenters. The monoisotopic (exact) mass is 571 g/mol. The Morgan fingerprint density at radius 3 is 2.73 bits per heavy atom. The maximum absolute atomic E-state index is 6.24. The highest BCUT2D eigenvalue weighted by Gasteiger charge is 2.24. The highest BCUT2D eigenvalue weighted by atomic mass is 127. The minimum absolute atomic E-state index is 0. The molecule has 186 valence electrons. The van der Waals surface area contributed by atoms with Gasteiger partial charge in [-0.25, -0.2) is 0 Å². The molecular weight excluding hydrogens is 529 g/mol. The number of guanidine groups is 1. The Bertz CT molecular complexity index is 718. The van der Waals surface area contributed by atoms with Crippen molar-refractivity contribution in [1.29, 1.82) is 0 Å². The molecule has 3 aliphatic rings. The number of halogens is 1. The smallest absolute Gasteiger partial charge is 0.193 e. The fourth-order valence-electron chi connectivity index (χ4n) is 5.13. The lowest BCUT2D eigenvalue weighted by molar-refractivity contribution is -0.0721. The van der Waals surface area contributed by atoms with Crippen molar-refractivity contribution in [2.75, 3.05) is 46.5 Å². The van der Waals surface area contributed by atoms with Gasteiger partial charge in [-0.05, 0) is 68.9 Å². The number of fused-ring (bicyclic) bond motifs is 1. The van der Waals surface area contributed by atoms with Crippen molar-refractivity contribution in [2.45, 2.75) is 76.1 Å². The summed E-state index contributed by atoms with van der Waals surface area (Å²) in [4.78, 5) is 6.86. The molecule has 1 aromatic carbocycles. The third kappa shape index (κ3) is 8.08. The number of ether oxygens (including phenoxy) is 3. The van der Waals surface area contributed by atoms with E-state index in [1.54, 1.807) is 0 Å². The summed E-state index contributed by atoms with van der Waals surface area (Å²) in [7, 11) is 1.88. The van der Waals surface area contributed by atoms with Crippen molar-refractivity contribution in [3.8, 4) is 0 Å². The number of nitrogens with zero attached hydrogens (tertiary/aromatic N) is 2. The summed E-state index contributed by atoms with van der Waals surface area (Å²) in [5.74, 6) is 1.00. The van der Waals surface area contributed by atoms with E-state index < -0.39 is 0 Å². The molecule has 1 aliphatic carbocycles. The van der Waals surface area contributed by atoms with Crippen LogP contribution in [-0.4, -0.2) is 69.6 Å². The summed E-state index contributed by atoms with van der Waals surface area (Å²) in [6, 6.07) is 8.74. The zero-order chi connectivity index (χ0) is 22.0. The van der Waals surface area contributed by atoms with Crippen LogP contribution in [0.15, 0.2) is 29.3 Å². The molecule has 0 amide bonds. The molecule has 1 N–H and O–H groups in total. The Morgan fingerprint density at radius 1 is 1.09 bits per heavy atom. The molecule has 2 atom stereocenters. The summed E-state index contributed by atoms with van der Waals surface area (Å²) in [6.45, 7) is 5.30. The molecule has 6 nitrogen and oxygen atoms in total. The first-order chi connectivity index (χ1) is 15.8. The van der Waals surface area contributed by atoms with E-state index in [1.165, 1.54) is 36.8 Å². The number of aliphatic imine (C=N–C) groups is 1. The van der Waals surface area contributed by atoms with Crippen molar-refractivity contribution >= 4 is 29.9 Å². The average Bonchev–Trinajstić information content (AvgIpc) is 2.86. The molecule has 0 saturated carbocycles. The second kappa shape index (κ2) is 14.5. The predicted octanol–water partition coefficient (Wildman–Crippen LogP) is 4.71. The molecule has 2 heterocycles. The van der Waals surface area contributed by atoms with Crippen molar-refractivity contribution in [1.82, 2.24) is 10.2 Å². The summed E-state index contributed by atoms with van der Waals surface area (Å²) >= 11 is 0. The van der Waals surface area contributed by atoms with Crippen LogP contribution < -0.4 is 5.32 Å². The summed E-state index contributed by atoms with van der Waals surface area (Å²) in [6.07, 6.45) is 11.2. The first kappa shape index (κ1) is 26.7. The van der Waals surface area contributed by atoms with Crippen LogP contribution >= 0.6 is 24.0 Å². The lowest BCUT2D eigenvalue weighted by atomic mass is 9.89. The van der Waals surface area contributed by atoms with E-state index in [-0.39, 0.29) is 30.1 Å². The lowest BCUT2D eigenvalue weighted by Crippen LogP contribution is -2.47. The molecule has 2 fully saturated rings. The Balaban J connectivity index is 0.00000306. The normalized spacial score (nSPS) is 24.2. The summed E-state index contributed by atoms with van der Waals surface area (Å²) < 4.78 is 18.2. The van der Waals surface area contributed by atoms with Crippen molar-refractivity contribution in [2.24, 2.45) is 4.99 Å². The number of likely N-dealkylation sites (tertiary alicyclic amines) is 1. The van der Waals surface area contributed by atoms with Gasteiger partial charge in [-0.15, -0.1) is 24.0 Å². The van der Waals surface area contributed by atoms with Gasteiger partial charge in [0.2, 0.25) is 0 Å². The van der Waals surface area contributed by atoms with E-state index in [2.05, 4.69) is 39.5 Å².